The molecule has 0 amide bonds. The summed E-state index contributed by atoms with van der Waals surface area (Å²) >= 11 is 0. The fourth-order valence-electron chi connectivity index (χ4n) is 3.23. The van der Waals surface area contributed by atoms with Crippen molar-refractivity contribution in [2.75, 3.05) is 20.6 Å². The molecule has 1 saturated carbocycles. The van der Waals surface area contributed by atoms with Crippen molar-refractivity contribution in [3.63, 3.8) is 0 Å². The van der Waals surface area contributed by atoms with E-state index in [1.54, 1.807) is 26.2 Å². The van der Waals surface area contributed by atoms with Gasteiger partial charge in [-0.05, 0) is 56.2 Å². The van der Waals surface area contributed by atoms with Crippen LogP contribution in [0, 0.1) is 5.41 Å². The topological polar surface area (TPSA) is 73.8 Å². The van der Waals surface area contributed by atoms with Gasteiger partial charge in [0.15, 0.2) is 5.96 Å². The molecule has 6 nitrogen and oxygen atoms in total. The molecule has 0 saturated heterocycles. The number of hydrogen-bond donors (Lipinski definition) is 2. The summed E-state index contributed by atoms with van der Waals surface area (Å²) in [5, 5.41) is 6.74. The number of benzene rings is 1. The molecule has 0 spiro atoms. The number of rotatable bonds is 8. The molecule has 1 aromatic carbocycles. The molecule has 1 aromatic rings. The van der Waals surface area contributed by atoms with E-state index in [0.717, 1.165) is 18.1 Å². The number of sulfonamides is 1. The maximum atomic E-state index is 12.5. The van der Waals surface area contributed by atoms with Crippen LogP contribution in [0.25, 0.3) is 0 Å². The van der Waals surface area contributed by atoms with Crippen molar-refractivity contribution in [3.05, 3.63) is 29.8 Å². The van der Waals surface area contributed by atoms with Gasteiger partial charge in [-0.15, -0.1) is 24.0 Å². The Labute approximate surface area is 187 Å². The third-order valence-corrected chi connectivity index (χ3v) is 7.85. The van der Waals surface area contributed by atoms with Gasteiger partial charge in [-0.25, -0.2) is 8.42 Å². The van der Waals surface area contributed by atoms with Crippen LogP contribution in [0.5, 0.6) is 0 Å². The zero-order chi connectivity index (χ0) is 20.1. The quantitative estimate of drug-likeness (QED) is 0.311. The van der Waals surface area contributed by atoms with Crippen molar-refractivity contribution in [1.82, 2.24) is 14.9 Å². The number of hydrogen-bond acceptors (Lipinski definition) is 3. The molecule has 160 valence electrons. The summed E-state index contributed by atoms with van der Waals surface area (Å²) in [6, 6.07) is 6.96. The fraction of sp³-hybridized carbons (Fsp3) is 0.650. The van der Waals surface area contributed by atoms with E-state index < -0.39 is 10.0 Å². The normalized spacial score (nSPS) is 16.5. The fourth-order valence-corrected chi connectivity index (χ4v) is 4.60. The Kier molecular flexibility index (Phi) is 9.69. The van der Waals surface area contributed by atoms with Crippen molar-refractivity contribution in [3.8, 4) is 0 Å². The summed E-state index contributed by atoms with van der Waals surface area (Å²) in [5.74, 6) is 0.783. The molecule has 0 radical (unpaired) electrons. The zero-order valence-electron chi connectivity index (χ0n) is 17.7. The second kappa shape index (κ2) is 10.8. The van der Waals surface area contributed by atoms with Gasteiger partial charge in [-0.1, -0.05) is 25.5 Å². The molecule has 0 heterocycles. The number of aliphatic imine (C=N–C) groups is 1. The second-order valence-corrected chi connectivity index (χ2v) is 9.74. The molecular formula is C20H35IN4O2S. The van der Waals surface area contributed by atoms with E-state index in [0.29, 0.717) is 16.9 Å². The lowest BCUT2D eigenvalue weighted by Crippen LogP contribution is -2.46. The van der Waals surface area contributed by atoms with Crippen LogP contribution < -0.4 is 10.6 Å². The molecule has 8 heteroatoms. The summed E-state index contributed by atoms with van der Waals surface area (Å²) in [4.78, 5) is 4.61. The van der Waals surface area contributed by atoms with Crippen molar-refractivity contribution >= 4 is 40.0 Å². The highest BCUT2D eigenvalue weighted by Crippen LogP contribution is 2.42. The van der Waals surface area contributed by atoms with Gasteiger partial charge in [0.2, 0.25) is 10.0 Å². The van der Waals surface area contributed by atoms with Crippen LogP contribution in [-0.4, -0.2) is 45.4 Å². The smallest absolute Gasteiger partial charge is 0.243 e. The van der Waals surface area contributed by atoms with Crippen molar-refractivity contribution in [2.24, 2.45) is 10.4 Å². The molecule has 1 fully saturated rings. The molecule has 2 rings (SSSR count). The maximum absolute atomic E-state index is 12.5. The molecule has 2 N–H and O–H groups in total. The minimum absolute atomic E-state index is 0. The van der Waals surface area contributed by atoms with Crippen LogP contribution in [0.3, 0.4) is 0 Å². The molecule has 0 aliphatic heterocycles. The summed E-state index contributed by atoms with van der Waals surface area (Å²) in [7, 11) is -0.0611. The Balaban J connectivity index is 0.00000392. The van der Waals surface area contributed by atoms with Crippen molar-refractivity contribution in [2.45, 2.75) is 63.9 Å². The van der Waals surface area contributed by atoms with Crippen LogP contribution in [-0.2, 0) is 16.6 Å². The Bertz CT molecular complexity index is 738. The molecule has 1 aliphatic rings. The summed E-state index contributed by atoms with van der Waals surface area (Å²) in [5.41, 5.74) is 1.44. The first-order valence-electron chi connectivity index (χ1n) is 9.75. The van der Waals surface area contributed by atoms with E-state index in [9.17, 15) is 8.42 Å². The van der Waals surface area contributed by atoms with Crippen LogP contribution in [0.1, 0.15) is 52.0 Å². The van der Waals surface area contributed by atoms with Gasteiger partial charge in [0, 0.05) is 33.2 Å². The van der Waals surface area contributed by atoms with Gasteiger partial charge in [0.05, 0.1) is 4.90 Å². The third-order valence-electron chi connectivity index (χ3n) is 5.81. The van der Waals surface area contributed by atoms with Crippen LogP contribution >= 0.6 is 24.0 Å². The molecular weight excluding hydrogens is 487 g/mol. The Morgan fingerprint density at radius 2 is 1.82 bits per heavy atom. The summed E-state index contributed by atoms with van der Waals surface area (Å²) < 4.78 is 26.4. The monoisotopic (exact) mass is 522 g/mol. The Morgan fingerprint density at radius 3 is 2.25 bits per heavy atom. The lowest BCUT2D eigenvalue weighted by Gasteiger charge is -2.41. The Morgan fingerprint density at radius 1 is 1.21 bits per heavy atom. The average molecular weight is 522 g/mol. The van der Waals surface area contributed by atoms with Crippen LogP contribution in [0.15, 0.2) is 34.2 Å². The lowest BCUT2D eigenvalue weighted by molar-refractivity contribution is 0.131. The minimum atomic E-state index is -3.44. The highest BCUT2D eigenvalue weighted by atomic mass is 127. The summed E-state index contributed by atoms with van der Waals surface area (Å²) in [6.07, 6.45) is 5.09. The van der Waals surface area contributed by atoms with E-state index in [-0.39, 0.29) is 30.0 Å². The third kappa shape index (κ3) is 6.06. The van der Waals surface area contributed by atoms with Gasteiger partial charge < -0.3 is 10.6 Å². The van der Waals surface area contributed by atoms with Crippen molar-refractivity contribution in [1.29, 1.82) is 0 Å². The van der Waals surface area contributed by atoms with Gasteiger partial charge in [-0.3, -0.25) is 4.99 Å². The van der Waals surface area contributed by atoms with E-state index in [1.165, 1.54) is 30.0 Å². The van der Waals surface area contributed by atoms with Gasteiger partial charge in [-0.2, -0.15) is 4.31 Å². The first-order chi connectivity index (χ1) is 12.7. The van der Waals surface area contributed by atoms with Gasteiger partial charge in [0.25, 0.3) is 0 Å². The van der Waals surface area contributed by atoms with E-state index in [1.807, 2.05) is 26.0 Å². The molecule has 0 unspecified atom stereocenters. The predicted octanol–water partition coefficient (Wildman–Crippen LogP) is 3.58. The van der Waals surface area contributed by atoms with Gasteiger partial charge in [0.1, 0.15) is 0 Å². The molecule has 0 aromatic heterocycles. The number of halogens is 1. The second-order valence-electron chi connectivity index (χ2n) is 7.75. The lowest BCUT2D eigenvalue weighted by atomic mass is 9.67. The highest BCUT2D eigenvalue weighted by molar-refractivity contribution is 14.0. The summed E-state index contributed by atoms with van der Waals surface area (Å²) in [6.45, 7) is 7.52. The molecule has 28 heavy (non-hydrogen) atoms. The Hall–Kier alpha value is -0.870. The highest BCUT2D eigenvalue weighted by Gasteiger charge is 2.34. The first kappa shape index (κ1) is 25.2. The van der Waals surface area contributed by atoms with E-state index >= 15 is 0 Å². The largest absolute Gasteiger partial charge is 0.356 e. The molecule has 0 atom stereocenters. The SMILES string of the molecule is CCC1(CNC(=NC)NCc2ccc(S(=O)(=O)N(C)C(C)C)cc2)CCC1.I. The van der Waals surface area contributed by atoms with E-state index in [2.05, 4.69) is 22.5 Å². The number of guanidine groups is 1. The van der Waals surface area contributed by atoms with E-state index in [4.69, 9.17) is 0 Å². The van der Waals surface area contributed by atoms with Crippen LogP contribution in [0.4, 0.5) is 0 Å². The van der Waals surface area contributed by atoms with Crippen molar-refractivity contribution < 1.29 is 8.42 Å². The average Bonchev–Trinajstić information content (AvgIpc) is 2.63. The predicted molar refractivity (Wildman–Crippen MR) is 127 cm³/mol. The minimum Gasteiger partial charge on any atom is -0.356 e. The zero-order valence-corrected chi connectivity index (χ0v) is 20.8. The molecule has 1 aliphatic carbocycles. The number of nitrogens with zero attached hydrogens (tertiary/aromatic N) is 2. The first-order valence-corrected chi connectivity index (χ1v) is 11.2. The molecule has 0 bridgehead atoms. The number of nitrogens with one attached hydrogen (secondary N) is 2. The standard InChI is InChI=1S/C20H34N4O2S.HI/c1-6-20(12-7-13-20)15-23-19(21-4)22-14-17-8-10-18(11-9-17)27(25,26)24(5)16(2)3;/h8-11,16H,6-7,12-15H2,1-5H3,(H2,21,22,23);1H. The van der Waals surface area contributed by atoms with Crippen LogP contribution in [0.2, 0.25) is 0 Å². The maximum Gasteiger partial charge on any atom is 0.243 e. The van der Waals surface area contributed by atoms with Gasteiger partial charge >= 0.3 is 0 Å².